The second-order valence-electron chi connectivity index (χ2n) is 2.88. The van der Waals surface area contributed by atoms with E-state index in [2.05, 4.69) is 20.6 Å². The van der Waals surface area contributed by atoms with Gasteiger partial charge in [-0.25, -0.2) is 14.8 Å². The number of nitrogen functional groups attached to an aromatic ring is 1. The summed E-state index contributed by atoms with van der Waals surface area (Å²) in [5, 5.41) is 6.06. The van der Waals surface area contributed by atoms with Crippen LogP contribution in [0.5, 0.6) is 0 Å². The maximum absolute atomic E-state index is 10.4. The van der Waals surface area contributed by atoms with Crippen LogP contribution in [0.4, 0.5) is 16.4 Å². The summed E-state index contributed by atoms with van der Waals surface area (Å²) in [5.74, 6) is 1.04. The van der Waals surface area contributed by atoms with Crippen LogP contribution >= 0.6 is 11.8 Å². The molecular formula is C8H14N6OS. The van der Waals surface area contributed by atoms with Crippen molar-refractivity contribution in [3.63, 3.8) is 0 Å². The van der Waals surface area contributed by atoms with Crippen LogP contribution in [-0.4, -0.2) is 35.3 Å². The topological polar surface area (TPSA) is 119 Å². The summed E-state index contributed by atoms with van der Waals surface area (Å²) < 4.78 is 0. The van der Waals surface area contributed by atoms with Gasteiger partial charge < -0.3 is 22.1 Å². The molecule has 0 atom stereocenters. The van der Waals surface area contributed by atoms with Gasteiger partial charge in [-0.05, 0) is 6.26 Å². The number of urea groups is 1. The number of carbonyl (C=O) groups is 1. The lowest BCUT2D eigenvalue weighted by molar-refractivity contribution is 0.249. The molecule has 0 aliphatic heterocycles. The molecule has 2 amide bonds. The van der Waals surface area contributed by atoms with Gasteiger partial charge in [-0.15, -0.1) is 0 Å². The molecule has 16 heavy (non-hydrogen) atoms. The Labute approximate surface area is 97.4 Å². The van der Waals surface area contributed by atoms with Gasteiger partial charge in [-0.2, -0.15) is 0 Å². The Morgan fingerprint density at radius 3 is 2.88 bits per heavy atom. The Morgan fingerprint density at radius 1 is 1.50 bits per heavy atom. The number of nitrogens with two attached hydrogens (primary N) is 2. The van der Waals surface area contributed by atoms with Crippen LogP contribution in [0.25, 0.3) is 0 Å². The first-order valence-electron chi connectivity index (χ1n) is 4.57. The number of hydrogen-bond acceptors (Lipinski definition) is 6. The zero-order valence-electron chi connectivity index (χ0n) is 8.86. The molecule has 0 radical (unpaired) electrons. The molecule has 1 aromatic heterocycles. The molecule has 0 aliphatic rings. The second-order valence-corrected chi connectivity index (χ2v) is 3.66. The van der Waals surface area contributed by atoms with Gasteiger partial charge in [0.05, 0.1) is 0 Å². The molecule has 1 rings (SSSR count). The molecule has 0 saturated heterocycles. The normalized spacial score (nSPS) is 9.81. The van der Waals surface area contributed by atoms with Crippen LogP contribution < -0.4 is 22.1 Å². The SMILES string of the molecule is CSc1nc(N)cc(NCCNC(N)=O)n1. The van der Waals surface area contributed by atoms with Crippen molar-refractivity contribution in [1.29, 1.82) is 0 Å². The Balaban J connectivity index is 2.47. The van der Waals surface area contributed by atoms with E-state index in [1.807, 2.05) is 6.26 Å². The van der Waals surface area contributed by atoms with E-state index in [1.54, 1.807) is 6.07 Å². The number of thioether (sulfide) groups is 1. The molecule has 0 saturated carbocycles. The minimum Gasteiger partial charge on any atom is -0.383 e. The Morgan fingerprint density at radius 2 is 2.25 bits per heavy atom. The fourth-order valence-corrected chi connectivity index (χ4v) is 1.39. The number of aromatic nitrogens is 2. The monoisotopic (exact) mass is 242 g/mol. The maximum atomic E-state index is 10.4. The van der Waals surface area contributed by atoms with Crippen LogP contribution in [0, 0.1) is 0 Å². The first-order valence-corrected chi connectivity index (χ1v) is 5.80. The molecule has 0 bridgehead atoms. The summed E-state index contributed by atoms with van der Waals surface area (Å²) in [6, 6.07) is 1.08. The smallest absolute Gasteiger partial charge is 0.312 e. The number of nitrogens with zero attached hydrogens (tertiary/aromatic N) is 2. The lowest BCUT2D eigenvalue weighted by atomic mass is 10.5. The van der Waals surface area contributed by atoms with Gasteiger partial charge in [-0.3, -0.25) is 0 Å². The molecule has 0 spiro atoms. The molecule has 0 fully saturated rings. The van der Waals surface area contributed by atoms with E-state index < -0.39 is 6.03 Å². The molecule has 0 unspecified atom stereocenters. The van der Waals surface area contributed by atoms with E-state index in [0.717, 1.165) is 0 Å². The molecule has 1 aromatic rings. The van der Waals surface area contributed by atoms with Crippen molar-refractivity contribution in [2.75, 3.05) is 30.4 Å². The van der Waals surface area contributed by atoms with Gasteiger partial charge in [0.15, 0.2) is 5.16 Å². The van der Waals surface area contributed by atoms with Gasteiger partial charge in [0, 0.05) is 19.2 Å². The maximum Gasteiger partial charge on any atom is 0.312 e. The summed E-state index contributed by atoms with van der Waals surface area (Å²) in [7, 11) is 0. The highest BCUT2D eigenvalue weighted by Crippen LogP contribution is 2.14. The van der Waals surface area contributed by atoms with Crippen molar-refractivity contribution in [3.8, 4) is 0 Å². The predicted octanol–water partition coefficient (Wildman–Crippen LogP) is -0.139. The summed E-state index contributed by atoms with van der Waals surface area (Å²) >= 11 is 1.41. The zero-order valence-corrected chi connectivity index (χ0v) is 9.67. The van der Waals surface area contributed by atoms with E-state index in [4.69, 9.17) is 11.5 Å². The van der Waals surface area contributed by atoms with Crippen LogP contribution in [0.2, 0.25) is 0 Å². The summed E-state index contributed by atoms with van der Waals surface area (Å²) in [6.45, 7) is 0.945. The Hall–Kier alpha value is -1.70. The highest BCUT2D eigenvalue weighted by Gasteiger charge is 2.00. The average Bonchev–Trinajstić information content (AvgIpc) is 2.23. The number of nitrogens with one attached hydrogen (secondary N) is 2. The van der Waals surface area contributed by atoms with Crippen molar-refractivity contribution in [2.45, 2.75) is 5.16 Å². The Kier molecular flexibility index (Phi) is 4.65. The van der Waals surface area contributed by atoms with Crippen molar-refractivity contribution >= 4 is 29.4 Å². The van der Waals surface area contributed by atoms with E-state index in [1.165, 1.54) is 11.8 Å². The second kappa shape index (κ2) is 6.01. The molecule has 8 heteroatoms. The fraction of sp³-hybridized carbons (Fsp3) is 0.375. The third-order valence-corrected chi connectivity index (χ3v) is 2.19. The molecular weight excluding hydrogens is 228 g/mol. The summed E-state index contributed by atoms with van der Waals surface area (Å²) in [5.41, 5.74) is 10.5. The van der Waals surface area contributed by atoms with Crippen molar-refractivity contribution in [1.82, 2.24) is 15.3 Å². The number of hydrogen-bond donors (Lipinski definition) is 4. The van der Waals surface area contributed by atoms with Crippen LogP contribution in [-0.2, 0) is 0 Å². The highest BCUT2D eigenvalue weighted by atomic mass is 32.2. The fourth-order valence-electron chi connectivity index (χ4n) is 1.00. The van der Waals surface area contributed by atoms with Crippen LogP contribution in [0.15, 0.2) is 11.2 Å². The van der Waals surface area contributed by atoms with Gasteiger partial charge in [0.25, 0.3) is 0 Å². The van der Waals surface area contributed by atoms with Gasteiger partial charge >= 0.3 is 6.03 Å². The standard InChI is InChI=1S/C8H14N6OS/c1-16-8-13-5(9)4-6(14-8)11-2-3-12-7(10)15/h4H,2-3H2,1H3,(H3,10,12,15)(H3,9,11,13,14). The van der Waals surface area contributed by atoms with Gasteiger partial charge in [0.2, 0.25) is 0 Å². The third-order valence-electron chi connectivity index (χ3n) is 1.64. The largest absolute Gasteiger partial charge is 0.383 e. The first kappa shape index (κ1) is 12.4. The summed E-state index contributed by atoms with van der Waals surface area (Å²) in [6.07, 6.45) is 1.87. The van der Waals surface area contributed by atoms with Crippen LogP contribution in [0.1, 0.15) is 0 Å². The van der Waals surface area contributed by atoms with Crippen LogP contribution in [0.3, 0.4) is 0 Å². The highest BCUT2D eigenvalue weighted by molar-refractivity contribution is 7.98. The van der Waals surface area contributed by atoms with E-state index >= 15 is 0 Å². The minimum atomic E-state index is -0.547. The predicted molar refractivity (Wildman–Crippen MR) is 64.3 cm³/mol. The van der Waals surface area contributed by atoms with Crippen molar-refractivity contribution in [3.05, 3.63) is 6.07 Å². The zero-order chi connectivity index (χ0) is 12.0. The molecule has 0 aliphatic carbocycles. The number of carbonyl (C=O) groups excluding carboxylic acids is 1. The van der Waals surface area contributed by atoms with Crippen molar-refractivity contribution < 1.29 is 4.79 Å². The lowest BCUT2D eigenvalue weighted by Gasteiger charge is -2.07. The number of rotatable bonds is 5. The molecule has 7 nitrogen and oxygen atoms in total. The summed E-state index contributed by atoms with van der Waals surface area (Å²) in [4.78, 5) is 18.6. The van der Waals surface area contributed by atoms with E-state index in [0.29, 0.717) is 29.9 Å². The average molecular weight is 242 g/mol. The van der Waals surface area contributed by atoms with Gasteiger partial charge in [-0.1, -0.05) is 11.8 Å². The number of anilines is 2. The van der Waals surface area contributed by atoms with E-state index in [9.17, 15) is 4.79 Å². The van der Waals surface area contributed by atoms with Crippen molar-refractivity contribution in [2.24, 2.45) is 5.73 Å². The number of amides is 2. The molecule has 6 N–H and O–H groups in total. The molecule has 0 aromatic carbocycles. The Bertz CT molecular complexity index is 372. The molecule has 1 heterocycles. The molecule has 88 valence electrons. The quantitative estimate of drug-likeness (QED) is 0.324. The van der Waals surface area contributed by atoms with E-state index in [-0.39, 0.29) is 0 Å². The minimum absolute atomic E-state index is 0.407. The van der Waals surface area contributed by atoms with Gasteiger partial charge in [0.1, 0.15) is 11.6 Å². The third kappa shape index (κ3) is 4.22. The number of primary amides is 1. The lowest BCUT2D eigenvalue weighted by Crippen LogP contribution is -2.33. The first-order chi connectivity index (χ1) is 7.61.